The van der Waals surface area contributed by atoms with Gasteiger partial charge >= 0.3 is 5.97 Å². The number of ketones is 1. The molecule has 1 heterocycles. The first kappa shape index (κ1) is 14.3. The third kappa shape index (κ3) is 3.08. The van der Waals surface area contributed by atoms with Crippen LogP contribution in [-0.4, -0.2) is 32.9 Å². The van der Waals surface area contributed by atoms with Gasteiger partial charge in [0.05, 0.1) is 0 Å². The number of hydrogen-bond donors (Lipinski definition) is 4. The second-order valence-corrected chi connectivity index (χ2v) is 4.35. The molecule has 2 rings (SSSR count). The minimum atomic E-state index is -1.26. The molecule has 1 aromatic heterocycles. The van der Waals surface area contributed by atoms with Crippen LogP contribution in [0.5, 0.6) is 5.75 Å². The van der Waals surface area contributed by atoms with Gasteiger partial charge < -0.3 is 20.5 Å². The van der Waals surface area contributed by atoms with E-state index in [4.69, 9.17) is 5.11 Å². The summed E-state index contributed by atoms with van der Waals surface area (Å²) >= 11 is 0. The van der Waals surface area contributed by atoms with Crippen molar-refractivity contribution in [3.05, 3.63) is 47.3 Å². The number of rotatable bonds is 4. The Morgan fingerprint density at radius 2 is 1.90 bits per heavy atom. The molecule has 0 aliphatic rings. The Kier molecular flexibility index (Phi) is 3.75. The number of aromatic carboxylic acids is 1. The summed E-state index contributed by atoms with van der Waals surface area (Å²) in [5.41, 5.74) is 0.541. The number of hydrogen-bond acceptors (Lipinski definition) is 4. The molecule has 0 saturated carbocycles. The Bertz CT molecular complexity index is 733. The molecule has 0 bridgehead atoms. The highest BCUT2D eigenvalue weighted by Crippen LogP contribution is 2.22. The fourth-order valence-electron chi connectivity index (χ4n) is 1.72. The van der Waals surface area contributed by atoms with E-state index in [9.17, 15) is 19.5 Å². The first-order valence-electron chi connectivity index (χ1n) is 5.95. The zero-order valence-corrected chi connectivity index (χ0v) is 11.0. The van der Waals surface area contributed by atoms with Crippen LogP contribution in [0.1, 0.15) is 38.1 Å². The van der Waals surface area contributed by atoms with Gasteiger partial charge in [-0.1, -0.05) is 0 Å². The Labute approximate surface area is 119 Å². The van der Waals surface area contributed by atoms with E-state index < -0.39 is 17.6 Å². The predicted octanol–water partition coefficient (Wildman–Crippen LogP) is 1.87. The number of aromatic amines is 1. The summed E-state index contributed by atoms with van der Waals surface area (Å²) in [4.78, 5) is 36.5. The topological polar surface area (TPSA) is 119 Å². The molecule has 0 spiro atoms. The van der Waals surface area contributed by atoms with Crippen molar-refractivity contribution >= 4 is 23.3 Å². The summed E-state index contributed by atoms with van der Waals surface area (Å²) in [5.74, 6) is -2.39. The van der Waals surface area contributed by atoms with Gasteiger partial charge in [-0.25, -0.2) is 4.79 Å². The highest BCUT2D eigenvalue weighted by molar-refractivity contribution is 6.05. The molecule has 2 aromatic rings. The van der Waals surface area contributed by atoms with Crippen molar-refractivity contribution in [1.29, 1.82) is 0 Å². The van der Waals surface area contributed by atoms with E-state index in [1.54, 1.807) is 0 Å². The van der Waals surface area contributed by atoms with Crippen LogP contribution in [0.15, 0.2) is 30.5 Å². The third-order valence-corrected chi connectivity index (χ3v) is 2.82. The number of H-pyrrole nitrogens is 1. The van der Waals surface area contributed by atoms with Crippen LogP contribution in [0.25, 0.3) is 0 Å². The quantitative estimate of drug-likeness (QED) is 0.640. The van der Waals surface area contributed by atoms with E-state index in [-0.39, 0.29) is 22.7 Å². The smallest absolute Gasteiger partial charge is 0.339 e. The molecule has 0 atom stereocenters. The molecular weight excluding hydrogens is 276 g/mol. The number of carboxylic acid groups (broad SMARTS) is 1. The average molecular weight is 288 g/mol. The molecule has 4 N–H and O–H groups in total. The van der Waals surface area contributed by atoms with Gasteiger partial charge in [-0.3, -0.25) is 9.59 Å². The Morgan fingerprint density at radius 1 is 1.19 bits per heavy atom. The number of carbonyl (C=O) groups excluding carboxylic acids is 2. The Hall–Kier alpha value is -3.09. The van der Waals surface area contributed by atoms with Gasteiger partial charge in [0.2, 0.25) is 0 Å². The normalized spacial score (nSPS) is 10.1. The van der Waals surface area contributed by atoms with Crippen LogP contribution in [0.3, 0.4) is 0 Å². The van der Waals surface area contributed by atoms with Crippen molar-refractivity contribution in [1.82, 2.24) is 4.98 Å². The predicted molar refractivity (Wildman–Crippen MR) is 73.8 cm³/mol. The largest absolute Gasteiger partial charge is 0.507 e. The van der Waals surface area contributed by atoms with Gasteiger partial charge in [0.15, 0.2) is 5.78 Å². The lowest BCUT2D eigenvalue weighted by Crippen LogP contribution is -2.12. The number of carbonyl (C=O) groups is 3. The van der Waals surface area contributed by atoms with Crippen LogP contribution in [0.2, 0.25) is 0 Å². The Morgan fingerprint density at radius 3 is 2.43 bits per heavy atom. The van der Waals surface area contributed by atoms with Gasteiger partial charge in [0.25, 0.3) is 5.91 Å². The number of benzene rings is 1. The molecule has 0 aliphatic heterocycles. The standard InChI is InChI=1S/C14H12N2O5/c1-7(17)8-4-11(15-6-8)13(19)16-9-2-3-10(14(20)21)12(18)5-9/h2-6,15,18H,1H3,(H,16,19)(H,20,21). The number of Topliss-reactive ketones (excluding diaryl/α,β-unsaturated/α-hetero) is 1. The van der Waals surface area contributed by atoms with E-state index in [1.165, 1.54) is 31.3 Å². The molecule has 21 heavy (non-hydrogen) atoms. The highest BCUT2D eigenvalue weighted by atomic mass is 16.4. The zero-order valence-electron chi connectivity index (χ0n) is 11.0. The van der Waals surface area contributed by atoms with E-state index in [0.717, 1.165) is 6.07 Å². The first-order valence-corrected chi connectivity index (χ1v) is 5.95. The maximum absolute atomic E-state index is 11.9. The van der Waals surface area contributed by atoms with Crippen LogP contribution in [0.4, 0.5) is 5.69 Å². The number of aromatic hydroxyl groups is 1. The molecule has 1 amide bonds. The van der Waals surface area contributed by atoms with Crippen molar-refractivity contribution < 1.29 is 24.6 Å². The number of amides is 1. The van der Waals surface area contributed by atoms with Gasteiger partial charge in [0, 0.05) is 23.5 Å². The summed E-state index contributed by atoms with van der Waals surface area (Å²) < 4.78 is 0. The zero-order chi connectivity index (χ0) is 15.6. The molecule has 0 saturated heterocycles. The summed E-state index contributed by atoms with van der Waals surface area (Å²) in [6.07, 6.45) is 1.42. The number of carboxylic acids is 1. The maximum Gasteiger partial charge on any atom is 0.339 e. The fourth-order valence-corrected chi connectivity index (χ4v) is 1.72. The van der Waals surface area contributed by atoms with Crippen LogP contribution in [0, 0.1) is 0 Å². The monoisotopic (exact) mass is 288 g/mol. The van der Waals surface area contributed by atoms with Crippen LogP contribution < -0.4 is 5.32 Å². The van der Waals surface area contributed by atoms with E-state index in [2.05, 4.69) is 10.3 Å². The summed E-state index contributed by atoms with van der Waals surface area (Å²) in [6, 6.07) is 5.08. The van der Waals surface area contributed by atoms with Crippen molar-refractivity contribution in [2.24, 2.45) is 0 Å². The number of nitrogens with one attached hydrogen (secondary N) is 2. The summed E-state index contributed by atoms with van der Waals surface area (Å²) in [7, 11) is 0. The molecule has 7 nitrogen and oxygen atoms in total. The molecule has 108 valence electrons. The summed E-state index contributed by atoms with van der Waals surface area (Å²) in [6.45, 7) is 1.38. The number of anilines is 1. The molecule has 0 aliphatic carbocycles. The minimum absolute atomic E-state index is 0.172. The molecular formula is C14H12N2O5. The van der Waals surface area contributed by atoms with Crippen LogP contribution >= 0.6 is 0 Å². The molecule has 0 radical (unpaired) electrons. The lowest BCUT2D eigenvalue weighted by Gasteiger charge is -2.06. The number of aromatic nitrogens is 1. The van der Waals surface area contributed by atoms with Crippen molar-refractivity contribution in [3.63, 3.8) is 0 Å². The first-order chi connectivity index (χ1) is 9.88. The van der Waals surface area contributed by atoms with Gasteiger partial charge in [-0.2, -0.15) is 0 Å². The van der Waals surface area contributed by atoms with Gasteiger partial charge in [0.1, 0.15) is 17.0 Å². The average Bonchev–Trinajstić information content (AvgIpc) is 2.88. The highest BCUT2D eigenvalue weighted by Gasteiger charge is 2.13. The van der Waals surface area contributed by atoms with Crippen molar-refractivity contribution in [3.8, 4) is 5.75 Å². The second kappa shape index (κ2) is 5.49. The molecule has 0 fully saturated rings. The lowest BCUT2D eigenvalue weighted by atomic mass is 10.2. The van der Waals surface area contributed by atoms with Crippen LogP contribution in [-0.2, 0) is 0 Å². The van der Waals surface area contributed by atoms with Crippen molar-refractivity contribution in [2.75, 3.05) is 5.32 Å². The third-order valence-electron chi connectivity index (χ3n) is 2.82. The maximum atomic E-state index is 11.9. The van der Waals surface area contributed by atoms with Gasteiger partial charge in [-0.05, 0) is 25.1 Å². The molecule has 1 aromatic carbocycles. The Balaban J connectivity index is 2.17. The van der Waals surface area contributed by atoms with Crippen molar-refractivity contribution in [2.45, 2.75) is 6.92 Å². The van der Waals surface area contributed by atoms with E-state index in [1.807, 2.05) is 0 Å². The van der Waals surface area contributed by atoms with E-state index in [0.29, 0.717) is 5.56 Å². The number of phenols is 1. The molecule has 7 heteroatoms. The molecule has 0 unspecified atom stereocenters. The second-order valence-electron chi connectivity index (χ2n) is 4.35. The summed E-state index contributed by atoms with van der Waals surface area (Å²) in [5, 5.41) is 20.8. The van der Waals surface area contributed by atoms with Gasteiger partial charge in [-0.15, -0.1) is 0 Å². The lowest BCUT2D eigenvalue weighted by molar-refractivity contribution is 0.0693. The van der Waals surface area contributed by atoms with E-state index >= 15 is 0 Å². The SMILES string of the molecule is CC(=O)c1c[nH]c(C(=O)Nc2ccc(C(=O)O)c(O)c2)c1. The minimum Gasteiger partial charge on any atom is -0.507 e. The fraction of sp³-hybridized carbons (Fsp3) is 0.0714.